The number of likely N-dealkylation sites (N-methyl/N-ethyl adjacent to an activating group) is 1. The third kappa shape index (κ3) is 2.30. The van der Waals surface area contributed by atoms with Gasteiger partial charge in [0, 0.05) is 38.1 Å². The summed E-state index contributed by atoms with van der Waals surface area (Å²) in [7, 11) is 2.15. The van der Waals surface area contributed by atoms with Gasteiger partial charge in [-0.05, 0) is 25.1 Å². The minimum absolute atomic E-state index is 0.667. The Labute approximate surface area is 85.1 Å². The summed E-state index contributed by atoms with van der Waals surface area (Å²) >= 11 is 0. The summed E-state index contributed by atoms with van der Waals surface area (Å²) in [5, 5.41) is 3.51. The average Bonchev–Trinajstić information content (AvgIpc) is 2.11. The second kappa shape index (κ2) is 4.07. The van der Waals surface area contributed by atoms with E-state index in [9.17, 15) is 0 Å². The summed E-state index contributed by atoms with van der Waals surface area (Å²) in [6.07, 6.45) is 3.82. The molecular weight excluding hydrogens is 174 g/mol. The molecular formula is C11H17N3. The van der Waals surface area contributed by atoms with E-state index < -0.39 is 0 Å². The highest BCUT2D eigenvalue weighted by atomic mass is 15.2. The highest BCUT2D eigenvalue weighted by Crippen LogP contribution is 2.06. The number of aromatic nitrogens is 1. The minimum Gasteiger partial charge on any atom is -0.307 e. The third-order valence-corrected chi connectivity index (χ3v) is 2.59. The number of rotatable bonds is 3. The first-order valence-electron chi connectivity index (χ1n) is 5.06. The monoisotopic (exact) mass is 191 g/mol. The second-order valence-corrected chi connectivity index (χ2v) is 4.17. The van der Waals surface area contributed by atoms with E-state index in [0.717, 1.165) is 6.54 Å². The number of nitrogens with one attached hydrogen (secondary N) is 1. The number of aryl methyl sites for hydroxylation is 1. The van der Waals surface area contributed by atoms with E-state index in [2.05, 4.69) is 35.2 Å². The van der Waals surface area contributed by atoms with Crippen LogP contribution in [0.4, 0.5) is 0 Å². The summed E-state index contributed by atoms with van der Waals surface area (Å²) in [5.41, 5.74) is 2.51. The number of nitrogens with zero attached hydrogens (tertiary/aromatic N) is 2. The molecule has 3 heteroatoms. The van der Waals surface area contributed by atoms with Crippen molar-refractivity contribution in [1.82, 2.24) is 15.2 Å². The van der Waals surface area contributed by atoms with Crippen LogP contribution in [-0.2, 0) is 6.54 Å². The lowest BCUT2D eigenvalue weighted by Crippen LogP contribution is -2.55. The lowest BCUT2D eigenvalue weighted by atomic mass is 10.1. The number of hydrogen-bond acceptors (Lipinski definition) is 3. The molecule has 1 saturated heterocycles. The second-order valence-electron chi connectivity index (χ2n) is 4.17. The zero-order valence-corrected chi connectivity index (χ0v) is 8.83. The van der Waals surface area contributed by atoms with Crippen LogP contribution in [0.2, 0.25) is 0 Å². The Hall–Kier alpha value is -0.930. The van der Waals surface area contributed by atoms with Gasteiger partial charge in [-0.1, -0.05) is 6.07 Å². The van der Waals surface area contributed by atoms with E-state index in [0.29, 0.717) is 6.04 Å². The molecule has 14 heavy (non-hydrogen) atoms. The van der Waals surface area contributed by atoms with E-state index in [1.165, 1.54) is 24.2 Å². The van der Waals surface area contributed by atoms with Gasteiger partial charge in [0.1, 0.15) is 0 Å². The molecule has 0 saturated carbocycles. The maximum Gasteiger partial charge on any atom is 0.0325 e. The van der Waals surface area contributed by atoms with Crippen molar-refractivity contribution in [1.29, 1.82) is 0 Å². The van der Waals surface area contributed by atoms with Crippen LogP contribution in [0.25, 0.3) is 0 Å². The van der Waals surface area contributed by atoms with E-state index >= 15 is 0 Å². The predicted octanol–water partition coefficient (Wildman–Crippen LogP) is 0.794. The molecule has 0 unspecified atom stereocenters. The van der Waals surface area contributed by atoms with Crippen LogP contribution in [0, 0.1) is 6.92 Å². The molecule has 0 bridgehead atoms. The van der Waals surface area contributed by atoms with Crippen LogP contribution >= 0.6 is 0 Å². The van der Waals surface area contributed by atoms with Gasteiger partial charge in [-0.3, -0.25) is 4.98 Å². The van der Waals surface area contributed by atoms with Gasteiger partial charge in [-0.2, -0.15) is 0 Å². The van der Waals surface area contributed by atoms with E-state index in [1.54, 1.807) is 0 Å². The van der Waals surface area contributed by atoms with Crippen molar-refractivity contribution >= 4 is 0 Å². The molecule has 1 aliphatic rings. The van der Waals surface area contributed by atoms with E-state index in [4.69, 9.17) is 0 Å². The van der Waals surface area contributed by atoms with Crippen LogP contribution in [0.5, 0.6) is 0 Å². The summed E-state index contributed by atoms with van der Waals surface area (Å²) in [5.74, 6) is 0. The van der Waals surface area contributed by atoms with E-state index in [1.807, 2.05) is 12.4 Å². The molecule has 2 rings (SSSR count). The van der Waals surface area contributed by atoms with Crippen molar-refractivity contribution < 1.29 is 0 Å². The molecule has 0 radical (unpaired) electrons. The highest BCUT2D eigenvalue weighted by Gasteiger charge is 2.21. The molecule has 0 aliphatic carbocycles. The quantitative estimate of drug-likeness (QED) is 0.765. The first kappa shape index (κ1) is 9.62. The maximum atomic E-state index is 4.17. The average molecular weight is 191 g/mol. The Morgan fingerprint density at radius 3 is 2.93 bits per heavy atom. The third-order valence-electron chi connectivity index (χ3n) is 2.59. The topological polar surface area (TPSA) is 28.2 Å². The van der Waals surface area contributed by atoms with Gasteiger partial charge < -0.3 is 10.2 Å². The molecule has 1 aromatic heterocycles. The maximum absolute atomic E-state index is 4.17. The normalized spacial score (nSPS) is 18.1. The van der Waals surface area contributed by atoms with Crippen LogP contribution in [0.3, 0.4) is 0 Å². The van der Waals surface area contributed by atoms with Gasteiger partial charge in [0.2, 0.25) is 0 Å². The van der Waals surface area contributed by atoms with Crippen molar-refractivity contribution in [2.24, 2.45) is 0 Å². The molecule has 0 atom stereocenters. The first-order chi connectivity index (χ1) is 6.74. The fourth-order valence-electron chi connectivity index (χ4n) is 1.80. The molecule has 1 aliphatic heterocycles. The van der Waals surface area contributed by atoms with Gasteiger partial charge in [0.05, 0.1) is 0 Å². The fourth-order valence-corrected chi connectivity index (χ4v) is 1.80. The largest absolute Gasteiger partial charge is 0.307 e. The first-order valence-corrected chi connectivity index (χ1v) is 5.06. The SMILES string of the molecule is Cc1cncc(CNC2CN(C)C2)c1. The Balaban J connectivity index is 1.80. The summed E-state index contributed by atoms with van der Waals surface area (Å²) in [4.78, 5) is 6.48. The lowest BCUT2D eigenvalue weighted by molar-refractivity contribution is 0.161. The standard InChI is InChI=1S/C11H17N3/c1-9-3-10(5-12-4-9)6-13-11-7-14(2)8-11/h3-5,11,13H,6-8H2,1-2H3. The van der Waals surface area contributed by atoms with Gasteiger partial charge in [0.15, 0.2) is 0 Å². The van der Waals surface area contributed by atoms with Crippen molar-refractivity contribution in [2.45, 2.75) is 19.5 Å². The molecule has 76 valence electrons. The molecule has 0 aromatic carbocycles. The minimum atomic E-state index is 0.667. The Kier molecular flexibility index (Phi) is 2.79. The van der Waals surface area contributed by atoms with E-state index in [-0.39, 0.29) is 0 Å². The molecule has 0 spiro atoms. The van der Waals surface area contributed by atoms with Crippen molar-refractivity contribution in [2.75, 3.05) is 20.1 Å². The van der Waals surface area contributed by atoms with Gasteiger partial charge in [0.25, 0.3) is 0 Å². The van der Waals surface area contributed by atoms with Crippen LogP contribution in [0.1, 0.15) is 11.1 Å². The Morgan fingerprint density at radius 1 is 1.50 bits per heavy atom. The highest BCUT2D eigenvalue weighted by molar-refractivity contribution is 5.16. The van der Waals surface area contributed by atoms with Crippen LogP contribution in [-0.4, -0.2) is 36.1 Å². The Bertz CT molecular complexity index is 305. The summed E-state index contributed by atoms with van der Waals surface area (Å²) in [6, 6.07) is 2.85. The lowest BCUT2D eigenvalue weighted by Gasteiger charge is -2.36. The van der Waals surface area contributed by atoms with Crippen LogP contribution in [0.15, 0.2) is 18.5 Å². The van der Waals surface area contributed by atoms with Crippen LogP contribution < -0.4 is 5.32 Å². The molecule has 1 fully saturated rings. The number of likely N-dealkylation sites (tertiary alicyclic amines) is 1. The zero-order chi connectivity index (χ0) is 9.97. The Morgan fingerprint density at radius 2 is 2.29 bits per heavy atom. The predicted molar refractivity (Wildman–Crippen MR) is 57.1 cm³/mol. The zero-order valence-electron chi connectivity index (χ0n) is 8.83. The van der Waals surface area contributed by atoms with Gasteiger partial charge in [-0.15, -0.1) is 0 Å². The van der Waals surface area contributed by atoms with Gasteiger partial charge >= 0.3 is 0 Å². The fraction of sp³-hybridized carbons (Fsp3) is 0.545. The number of hydrogen-bond donors (Lipinski definition) is 1. The van der Waals surface area contributed by atoms with Gasteiger partial charge in [-0.25, -0.2) is 0 Å². The van der Waals surface area contributed by atoms with Crippen molar-refractivity contribution in [3.63, 3.8) is 0 Å². The summed E-state index contributed by atoms with van der Waals surface area (Å²) in [6.45, 7) is 5.35. The van der Waals surface area contributed by atoms with Crippen molar-refractivity contribution in [3.8, 4) is 0 Å². The number of pyridine rings is 1. The summed E-state index contributed by atoms with van der Waals surface area (Å²) < 4.78 is 0. The van der Waals surface area contributed by atoms with Crippen molar-refractivity contribution in [3.05, 3.63) is 29.6 Å². The molecule has 1 aromatic rings. The molecule has 1 N–H and O–H groups in total. The molecule has 3 nitrogen and oxygen atoms in total. The molecule has 2 heterocycles. The smallest absolute Gasteiger partial charge is 0.0325 e. The molecule has 0 amide bonds.